The van der Waals surface area contributed by atoms with Gasteiger partial charge in [0.05, 0.1) is 16.1 Å². The lowest BCUT2D eigenvalue weighted by atomic mass is 10.3. The highest BCUT2D eigenvalue weighted by atomic mass is 79.9. The molecular weight excluding hydrogens is 454 g/mol. The second-order valence-corrected chi connectivity index (χ2v) is 6.83. The molecule has 0 N–H and O–H groups in total. The quantitative estimate of drug-likeness (QED) is 0.328. The van der Waals surface area contributed by atoms with Crippen molar-refractivity contribution in [1.29, 1.82) is 0 Å². The van der Waals surface area contributed by atoms with Gasteiger partial charge in [0.25, 0.3) is 0 Å². The van der Waals surface area contributed by atoms with Gasteiger partial charge in [-0.2, -0.15) is 0 Å². The number of hydrogen-bond donors (Lipinski definition) is 0. The van der Waals surface area contributed by atoms with Gasteiger partial charge in [0, 0.05) is 11.4 Å². The normalized spacial score (nSPS) is 10.2. The third-order valence-electron chi connectivity index (χ3n) is 2.23. The average molecular weight is 467 g/mol. The first-order valence-corrected chi connectivity index (χ1v) is 8.91. The number of benzene rings is 1. The molecule has 0 saturated carbocycles. The maximum absolute atomic E-state index is 6.18. The first kappa shape index (κ1) is 18.4. The number of ether oxygens (including phenoxy) is 2. The minimum absolute atomic E-state index is 0.168. The van der Waals surface area contributed by atoms with Crippen LogP contribution in [0.5, 0.6) is 11.5 Å². The maximum atomic E-state index is 6.18. The summed E-state index contributed by atoms with van der Waals surface area (Å²) in [6.45, 7) is 0.894. The molecule has 7 heteroatoms. The fourth-order valence-electron chi connectivity index (χ4n) is 1.33. The number of alkyl halides is 1. The molecular formula is C13H13Br2Cl3O2. The molecule has 1 rings (SSSR count). The highest BCUT2D eigenvalue weighted by molar-refractivity contribution is 9.10. The summed E-state index contributed by atoms with van der Waals surface area (Å²) in [6, 6.07) is 3.49. The number of halogens is 5. The van der Waals surface area contributed by atoms with E-state index in [0.29, 0.717) is 23.1 Å². The minimum atomic E-state index is 0.168. The van der Waals surface area contributed by atoms with Gasteiger partial charge in [-0.05, 0) is 40.9 Å². The summed E-state index contributed by atoms with van der Waals surface area (Å²) in [6.07, 6.45) is 3.57. The van der Waals surface area contributed by atoms with Crippen molar-refractivity contribution in [3.05, 3.63) is 32.2 Å². The predicted octanol–water partition coefficient (Wildman–Crippen LogP) is 6.35. The van der Waals surface area contributed by atoms with Crippen LogP contribution in [0.3, 0.4) is 0 Å². The van der Waals surface area contributed by atoms with Gasteiger partial charge in [0.2, 0.25) is 0 Å². The Morgan fingerprint density at radius 1 is 1.20 bits per heavy atom. The molecule has 0 atom stereocenters. The zero-order chi connectivity index (χ0) is 15.0. The summed E-state index contributed by atoms with van der Waals surface area (Å²) in [5.74, 6) is 1.24. The second-order valence-electron chi connectivity index (χ2n) is 3.77. The Morgan fingerprint density at radius 2 is 1.95 bits per heavy atom. The molecule has 1 aromatic carbocycles. The fraction of sp³-hybridized carbons (Fsp3) is 0.385. The van der Waals surface area contributed by atoms with E-state index < -0.39 is 0 Å². The first-order chi connectivity index (χ1) is 9.54. The summed E-state index contributed by atoms with van der Waals surface area (Å²) in [5, 5.41) is 1.46. The van der Waals surface area contributed by atoms with Crippen molar-refractivity contribution in [1.82, 2.24) is 0 Å². The van der Waals surface area contributed by atoms with Crippen LogP contribution in [0, 0.1) is 0 Å². The van der Waals surface area contributed by atoms with Crippen LogP contribution in [0.25, 0.3) is 0 Å². The third kappa shape index (κ3) is 6.90. The molecule has 0 aliphatic carbocycles. The van der Waals surface area contributed by atoms with Crippen LogP contribution in [-0.2, 0) is 0 Å². The van der Waals surface area contributed by atoms with Crippen LogP contribution in [-0.4, -0.2) is 18.5 Å². The van der Waals surface area contributed by atoms with E-state index in [9.17, 15) is 0 Å². The van der Waals surface area contributed by atoms with E-state index in [1.54, 1.807) is 18.2 Å². The number of hydrogen-bond acceptors (Lipinski definition) is 2. The Morgan fingerprint density at radius 3 is 2.55 bits per heavy atom. The largest absolute Gasteiger partial charge is 0.491 e. The lowest BCUT2D eigenvalue weighted by molar-refractivity contribution is 0.307. The van der Waals surface area contributed by atoms with Crippen molar-refractivity contribution in [2.45, 2.75) is 12.8 Å². The van der Waals surface area contributed by atoms with E-state index in [0.717, 1.165) is 22.6 Å². The highest BCUT2D eigenvalue weighted by Gasteiger charge is 2.10. The molecule has 2 nitrogen and oxygen atoms in total. The Labute approximate surface area is 150 Å². The SMILES string of the molecule is ClC(Cl)=CCOc1cc(Cl)c(OCCCCBr)c(Br)c1. The topological polar surface area (TPSA) is 18.5 Å². The Hall–Kier alpha value is 0.390. The van der Waals surface area contributed by atoms with Crippen molar-refractivity contribution < 1.29 is 9.47 Å². The van der Waals surface area contributed by atoms with Gasteiger partial charge in [-0.25, -0.2) is 0 Å². The van der Waals surface area contributed by atoms with Gasteiger partial charge in [-0.1, -0.05) is 50.7 Å². The number of rotatable bonds is 8. The molecule has 0 fully saturated rings. The molecule has 0 amide bonds. The Bertz CT molecular complexity index is 440. The van der Waals surface area contributed by atoms with Crippen LogP contribution >= 0.6 is 66.7 Å². The smallest absolute Gasteiger partial charge is 0.152 e. The van der Waals surface area contributed by atoms with Gasteiger partial charge < -0.3 is 9.47 Å². The second kappa shape index (κ2) is 10.2. The summed E-state index contributed by atoms with van der Waals surface area (Å²) >= 11 is 24.0. The minimum Gasteiger partial charge on any atom is -0.491 e. The van der Waals surface area contributed by atoms with E-state index in [-0.39, 0.29) is 11.1 Å². The fourth-order valence-corrected chi connectivity index (χ4v) is 2.78. The monoisotopic (exact) mass is 464 g/mol. The van der Waals surface area contributed by atoms with E-state index >= 15 is 0 Å². The van der Waals surface area contributed by atoms with Crippen molar-refractivity contribution >= 4 is 66.7 Å². The summed E-state index contributed by atoms with van der Waals surface area (Å²) in [5.41, 5.74) is 0. The van der Waals surface area contributed by atoms with Gasteiger partial charge in [-0.15, -0.1) is 0 Å². The lowest BCUT2D eigenvalue weighted by Crippen LogP contribution is -2.00. The van der Waals surface area contributed by atoms with Crippen molar-refractivity contribution in [3.63, 3.8) is 0 Å². The molecule has 0 radical (unpaired) electrons. The molecule has 0 unspecified atom stereocenters. The molecule has 0 spiro atoms. The average Bonchev–Trinajstić information content (AvgIpc) is 2.36. The maximum Gasteiger partial charge on any atom is 0.152 e. The van der Waals surface area contributed by atoms with Crippen LogP contribution in [0.4, 0.5) is 0 Å². The summed E-state index contributed by atoms with van der Waals surface area (Å²) in [7, 11) is 0. The Balaban J connectivity index is 2.63. The molecule has 0 saturated heterocycles. The van der Waals surface area contributed by atoms with E-state index in [2.05, 4.69) is 31.9 Å². The van der Waals surface area contributed by atoms with E-state index in [1.807, 2.05) is 0 Å². The van der Waals surface area contributed by atoms with Gasteiger partial charge in [0.1, 0.15) is 16.8 Å². The molecule has 20 heavy (non-hydrogen) atoms. The Kier molecular flexibility index (Phi) is 9.38. The van der Waals surface area contributed by atoms with Crippen LogP contribution in [0.1, 0.15) is 12.8 Å². The standard InChI is InChI=1S/C13H13Br2Cl3O2/c14-4-1-2-5-20-13-10(15)7-9(8-11(13)16)19-6-3-12(17)18/h3,7-8H,1-2,4-6H2. The predicted molar refractivity (Wildman–Crippen MR) is 93.0 cm³/mol. The molecule has 0 aliphatic rings. The molecule has 0 aromatic heterocycles. The number of unbranched alkanes of at least 4 members (excludes halogenated alkanes) is 1. The van der Waals surface area contributed by atoms with Crippen molar-refractivity contribution in [2.24, 2.45) is 0 Å². The first-order valence-electron chi connectivity index (χ1n) is 5.86. The molecule has 112 valence electrons. The highest BCUT2D eigenvalue weighted by Crippen LogP contribution is 2.37. The van der Waals surface area contributed by atoms with Crippen molar-refractivity contribution in [2.75, 3.05) is 18.5 Å². The van der Waals surface area contributed by atoms with Crippen LogP contribution in [0.15, 0.2) is 27.2 Å². The van der Waals surface area contributed by atoms with Crippen LogP contribution in [0.2, 0.25) is 5.02 Å². The zero-order valence-electron chi connectivity index (χ0n) is 10.5. The van der Waals surface area contributed by atoms with Crippen LogP contribution < -0.4 is 9.47 Å². The summed E-state index contributed by atoms with van der Waals surface area (Å²) in [4.78, 5) is 0. The van der Waals surface area contributed by atoms with Gasteiger partial charge in [0.15, 0.2) is 5.75 Å². The van der Waals surface area contributed by atoms with E-state index in [1.165, 1.54) is 0 Å². The van der Waals surface area contributed by atoms with Gasteiger partial charge in [-0.3, -0.25) is 0 Å². The molecule has 1 aromatic rings. The van der Waals surface area contributed by atoms with Gasteiger partial charge >= 0.3 is 0 Å². The molecule has 0 bridgehead atoms. The summed E-state index contributed by atoms with van der Waals surface area (Å²) < 4.78 is 12.0. The molecule has 0 aliphatic heterocycles. The lowest BCUT2D eigenvalue weighted by Gasteiger charge is -2.12. The third-order valence-corrected chi connectivity index (χ3v) is 3.97. The zero-order valence-corrected chi connectivity index (χ0v) is 15.9. The molecule has 0 heterocycles. The van der Waals surface area contributed by atoms with Crippen molar-refractivity contribution in [3.8, 4) is 11.5 Å². The van der Waals surface area contributed by atoms with E-state index in [4.69, 9.17) is 44.3 Å².